The van der Waals surface area contributed by atoms with Gasteiger partial charge in [0.1, 0.15) is 23.3 Å². The summed E-state index contributed by atoms with van der Waals surface area (Å²) in [4.78, 5) is 14.1. The van der Waals surface area contributed by atoms with E-state index in [1.54, 1.807) is 25.1 Å². The first kappa shape index (κ1) is 20.9. The molecule has 0 aliphatic heterocycles. The number of phenolic OH excluding ortho intramolecular Hbond substituents is 1. The predicted molar refractivity (Wildman–Crippen MR) is 122 cm³/mol. The van der Waals surface area contributed by atoms with E-state index in [9.17, 15) is 9.90 Å². The van der Waals surface area contributed by atoms with E-state index in [-0.39, 0.29) is 28.1 Å². The Balaban J connectivity index is 1.46. The fraction of sp³-hybridized carbons (Fsp3) is 0.480. The Bertz CT molecular complexity index is 1260. The lowest BCUT2D eigenvalue weighted by molar-refractivity contribution is 0.0380. The van der Waals surface area contributed by atoms with Gasteiger partial charge in [-0.05, 0) is 62.3 Å². The van der Waals surface area contributed by atoms with Crippen molar-refractivity contribution in [3.05, 3.63) is 46.3 Å². The monoisotopic (exact) mass is 437 g/mol. The Morgan fingerprint density at radius 2 is 1.97 bits per heavy atom. The second kappa shape index (κ2) is 7.02. The fourth-order valence-electron chi connectivity index (χ4n) is 5.90. The van der Waals surface area contributed by atoms with E-state index in [0.717, 1.165) is 25.7 Å². The maximum atomic E-state index is 15.5. The molecule has 5 rings (SSSR count). The van der Waals surface area contributed by atoms with Crippen molar-refractivity contribution in [2.24, 2.45) is 10.8 Å². The summed E-state index contributed by atoms with van der Waals surface area (Å²) in [5.41, 5.74) is 0.932. The molecule has 2 aliphatic rings. The second-order valence-electron chi connectivity index (χ2n) is 10.3. The van der Waals surface area contributed by atoms with Gasteiger partial charge in [0.2, 0.25) is 0 Å². The summed E-state index contributed by atoms with van der Waals surface area (Å²) in [6, 6.07) is 7.69. The number of hydrogen-bond acceptors (Lipinski definition) is 6. The minimum Gasteiger partial charge on any atom is -0.507 e. The van der Waals surface area contributed by atoms with Gasteiger partial charge in [-0.2, -0.15) is 0 Å². The lowest BCUT2D eigenvalue weighted by Gasteiger charge is -2.46. The van der Waals surface area contributed by atoms with Crippen LogP contribution in [-0.2, 0) is 0 Å². The van der Waals surface area contributed by atoms with Crippen molar-refractivity contribution < 1.29 is 13.9 Å². The van der Waals surface area contributed by atoms with Gasteiger partial charge in [-0.25, -0.2) is 4.39 Å². The minimum atomic E-state index is -0.916. The maximum absolute atomic E-state index is 15.5. The van der Waals surface area contributed by atoms with E-state index in [1.165, 1.54) is 12.1 Å². The molecule has 6 nitrogen and oxygen atoms in total. The normalized spacial score (nSPS) is 29.4. The van der Waals surface area contributed by atoms with Crippen molar-refractivity contribution in [2.75, 3.05) is 11.9 Å². The van der Waals surface area contributed by atoms with E-state index in [0.29, 0.717) is 33.8 Å². The number of rotatable bonds is 3. The molecule has 2 fully saturated rings. The molecule has 2 aromatic heterocycles. The zero-order chi connectivity index (χ0) is 22.8. The summed E-state index contributed by atoms with van der Waals surface area (Å²) in [6.07, 6.45) is 2.81. The molecular formula is C25H28FN3O3. The van der Waals surface area contributed by atoms with Crippen LogP contribution in [0.3, 0.4) is 0 Å². The molecule has 168 valence electrons. The maximum Gasteiger partial charge on any atom is 0.193 e. The van der Waals surface area contributed by atoms with Crippen LogP contribution >= 0.6 is 0 Å². The van der Waals surface area contributed by atoms with Crippen molar-refractivity contribution in [1.82, 2.24) is 10.2 Å². The van der Waals surface area contributed by atoms with Crippen molar-refractivity contribution in [3.8, 4) is 17.0 Å². The Hall–Kier alpha value is -2.96. The number of phenols is 1. The highest BCUT2D eigenvalue weighted by Gasteiger charge is 2.56. The summed E-state index contributed by atoms with van der Waals surface area (Å²) in [7, 11) is 1.88. The molecule has 2 aliphatic carbocycles. The van der Waals surface area contributed by atoms with Gasteiger partial charge in [0.15, 0.2) is 11.2 Å². The van der Waals surface area contributed by atoms with Gasteiger partial charge < -0.3 is 14.4 Å². The van der Waals surface area contributed by atoms with Gasteiger partial charge in [0.25, 0.3) is 0 Å². The lowest BCUT2D eigenvalue weighted by Crippen LogP contribution is -2.52. The number of halogens is 1. The van der Waals surface area contributed by atoms with Gasteiger partial charge >= 0.3 is 0 Å². The van der Waals surface area contributed by atoms with Crippen LogP contribution in [0.1, 0.15) is 45.3 Å². The number of aryl methyl sites for hydroxylation is 1. The average Bonchev–Trinajstić information content (AvgIpc) is 3.02. The zero-order valence-electron chi connectivity index (χ0n) is 18.9. The molecule has 4 atom stereocenters. The molecule has 3 aromatic rings. The summed E-state index contributed by atoms with van der Waals surface area (Å²) < 4.78 is 21.1. The van der Waals surface area contributed by atoms with Crippen molar-refractivity contribution in [2.45, 2.75) is 58.7 Å². The Kier molecular flexibility index (Phi) is 4.59. The van der Waals surface area contributed by atoms with Crippen LogP contribution in [0.25, 0.3) is 22.2 Å². The number of alkyl halides is 1. The standard InChI is InChI=1S/C25H28FN3O3/c1-14-9-19(30)16-10-20(31)15(11-21(16)32-14)17-5-6-22(28-27-17)29(4)18-12-24(2)7-8-25(3,13-24)23(18)26/h5-6,9-11,18,23,31H,7-8,12-13H2,1-4H3/t18-,23-,24-,25-/m0/s1. The molecule has 0 radical (unpaired) electrons. The van der Waals surface area contributed by atoms with Crippen molar-refractivity contribution in [3.63, 3.8) is 0 Å². The van der Waals surface area contributed by atoms with Gasteiger partial charge in [-0.15, -0.1) is 10.2 Å². The highest BCUT2D eigenvalue weighted by molar-refractivity contribution is 5.85. The topological polar surface area (TPSA) is 79.5 Å². The Labute approximate surface area is 186 Å². The molecular weight excluding hydrogens is 409 g/mol. The molecule has 7 heteroatoms. The second-order valence-corrected chi connectivity index (χ2v) is 10.3. The van der Waals surface area contributed by atoms with Gasteiger partial charge in [0, 0.05) is 24.1 Å². The number of hydrogen-bond donors (Lipinski definition) is 1. The van der Waals surface area contributed by atoms with Crippen LogP contribution in [0.2, 0.25) is 0 Å². The molecule has 0 spiro atoms. The SMILES string of the molecule is Cc1cc(=O)c2cc(O)c(-c3ccc(N(C)[C@H]4C[C@]5(C)CC[C@@](C)(C5)[C@H]4F)nn3)cc2o1. The highest BCUT2D eigenvalue weighted by Crippen LogP contribution is 2.59. The van der Waals surface area contributed by atoms with E-state index in [4.69, 9.17) is 4.42 Å². The lowest BCUT2D eigenvalue weighted by atomic mass is 9.67. The van der Waals surface area contributed by atoms with Gasteiger partial charge in [-0.1, -0.05) is 13.8 Å². The molecule has 0 unspecified atom stereocenters. The first-order valence-electron chi connectivity index (χ1n) is 11.1. The number of nitrogens with zero attached hydrogens (tertiary/aromatic N) is 3. The van der Waals surface area contributed by atoms with Crippen LogP contribution in [0.15, 0.2) is 39.5 Å². The number of aromatic hydroxyl groups is 1. The van der Waals surface area contributed by atoms with Gasteiger partial charge in [-0.3, -0.25) is 4.79 Å². The molecule has 2 bridgehead atoms. The smallest absolute Gasteiger partial charge is 0.193 e. The molecule has 2 heterocycles. The summed E-state index contributed by atoms with van der Waals surface area (Å²) in [6.45, 7) is 6.04. The quantitative estimate of drug-likeness (QED) is 0.621. The van der Waals surface area contributed by atoms with Crippen LogP contribution in [0.4, 0.5) is 10.2 Å². The minimum absolute atomic E-state index is 0.0717. The largest absolute Gasteiger partial charge is 0.507 e. The van der Waals surface area contributed by atoms with Crippen LogP contribution in [0.5, 0.6) is 5.75 Å². The van der Waals surface area contributed by atoms with Crippen LogP contribution in [0, 0.1) is 17.8 Å². The van der Waals surface area contributed by atoms with E-state index >= 15 is 4.39 Å². The van der Waals surface area contributed by atoms with E-state index < -0.39 is 6.17 Å². The number of fused-ring (bicyclic) bond motifs is 3. The van der Waals surface area contributed by atoms with Crippen molar-refractivity contribution >= 4 is 16.8 Å². The summed E-state index contributed by atoms with van der Waals surface area (Å²) >= 11 is 0. The Morgan fingerprint density at radius 1 is 1.19 bits per heavy atom. The van der Waals surface area contributed by atoms with Crippen LogP contribution in [-0.4, -0.2) is 34.6 Å². The number of anilines is 1. The summed E-state index contributed by atoms with van der Waals surface area (Å²) in [5, 5.41) is 19.4. The zero-order valence-corrected chi connectivity index (χ0v) is 18.9. The average molecular weight is 438 g/mol. The third-order valence-corrected chi connectivity index (χ3v) is 7.59. The molecule has 1 aromatic carbocycles. The molecule has 0 saturated heterocycles. The molecule has 0 amide bonds. The van der Waals surface area contributed by atoms with Gasteiger partial charge in [0.05, 0.1) is 17.1 Å². The predicted octanol–water partition coefficient (Wildman–Crippen LogP) is 5.01. The van der Waals surface area contributed by atoms with E-state index in [2.05, 4.69) is 24.0 Å². The van der Waals surface area contributed by atoms with Crippen LogP contribution < -0.4 is 10.3 Å². The number of aromatic nitrogens is 2. The highest BCUT2D eigenvalue weighted by atomic mass is 19.1. The first-order valence-corrected chi connectivity index (χ1v) is 11.1. The Morgan fingerprint density at radius 3 is 2.69 bits per heavy atom. The summed E-state index contributed by atoms with van der Waals surface area (Å²) in [5.74, 6) is 1.02. The third kappa shape index (κ3) is 3.26. The van der Waals surface area contributed by atoms with E-state index in [1.807, 2.05) is 11.9 Å². The fourth-order valence-corrected chi connectivity index (χ4v) is 5.90. The third-order valence-electron chi connectivity index (χ3n) is 7.59. The first-order chi connectivity index (χ1) is 15.1. The molecule has 1 N–H and O–H groups in total. The number of benzene rings is 1. The molecule has 32 heavy (non-hydrogen) atoms. The van der Waals surface area contributed by atoms with Crippen molar-refractivity contribution in [1.29, 1.82) is 0 Å². The molecule has 2 saturated carbocycles.